The Morgan fingerprint density at radius 3 is 2.79 bits per heavy atom. The molecule has 0 atom stereocenters. The van der Waals surface area contributed by atoms with E-state index in [-0.39, 0.29) is 10.9 Å². The second kappa shape index (κ2) is 5.57. The highest BCUT2D eigenvalue weighted by atomic mass is 32.1. The van der Waals surface area contributed by atoms with Crippen LogP contribution in [0.3, 0.4) is 0 Å². The van der Waals surface area contributed by atoms with Crippen LogP contribution < -0.4 is 15.8 Å². The molecule has 2 rings (SSSR count). The summed E-state index contributed by atoms with van der Waals surface area (Å²) in [4.78, 5) is 12.6. The molecule has 1 aromatic carbocycles. The number of hydrogen-bond acceptors (Lipinski definition) is 3. The van der Waals surface area contributed by atoms with Crippen molar-refractivity contribution < 1.29 is 9.53 Å². The number of carbonyl (C=O) groups excluding carboxylic acids is 1. The molecule has 0 aromatic heterocycles. The lowest BCUT2D eigenvalue weighted by Gasteiger charge is -2.39. The molecule has 4 nitrogen and oxygen atoms in total. The number of carbonyl (C=O) groups is 1. The molecule has 1 aliphatic rings. The van der Waals surface area contributed by atoms with Crippen molar-refractivity contribution in [2.24, 2.45) is 11.1 Å². The summed E-state index contributed by atoms with van der Waals surface area (Å²) < 4.78 is 5.40. The number of anilines is 1. The maximum absolute atomic E-state index is 12.3. The number of nitrogens with one attached hydrogen (secondary N) is 1. The third kappa shape index (κ3) is 2.71. The summed E-state index contributed by atoms with van der Waals surface area (Å²) in [5.41, 5.74) is 5.76. The van der Waals surface area contributed by atoms with Gasteiger partial charge in [0.05, 0.1) is 17.0 Å². The fourth-order valence-electron chi connectivity index (χ4n) is 2.20. The first-order valence-corrected chi connectivity index (χ1v) is 6.83. The van der Waals surface area contributed by atoms with E-state index in [0.717, 1.165) is 25.0 Å². The molecule has 0 spiro atoms. The first-order chi connectivity index (χ1) is 9.08. The van der Waals surface area contributed by atoms with Gasteiger partial charge in [-0.25, -0.2) is 0 Å². The van der Waals surface area contributed by atoms with Gasteiger partial charge in [-0.05, 0) is 31.9 Å². The quantitative estimate of drug-likeness (QED) is 0.812. The van der Waals surface area contributed by atoms with Gasteiger partial charge in [-0.2, -0.15) is 0 Å². The van der Waals surface area contributed by atoms with E-state index < -0.39 is 5.41 Å². The highest BCUT2D eigenvalue weighted by molar-refractivity contribution is 7.80. The molecule has 1 aromatic rings. The number of thiocarbonyl (C=S) groups is 1. The average molecular weight is 278 g/mol. The number of benzene rings is 1. The molecule has 1 saturated carbocycles. The molecule has 1 amide bonds. The van der Waals surface area contributed by atoms with Gasteiger partial charge in [-0.1, -0.05) is 24.7 Å². The van der Waals surface area contributed by atoms with Crippen molar-refractivity contribution in [2.45, 2.75) is 26.2 Å². The molecule has 1 fully saturated rings. The molecule has 5 heteroatoms. The first kappa shape index (κ1) is 13.8. The third-order valence-electron chi connectivity index (χ3n) is 3.52. The van der Waals surface area contributed by atoms with Crippen molar-refractivity contribution >= 4 is 28.8 Å². The maximum atomic E-state index is 12.3. The highest BCUT2D eigenvalue weighted by Gasteiger charge is 2.46. The SMILES string of the molecule is CCOc1cccc(NC(=O)C2(C(N)=S)CCC2)c1. The van der Waals surface area contributed by atoms with Gasteiger partial charge in [0.15, 0.2) is 0 Å². The Morgan fingerprint density at radius 1 is 1.53 bits per heavy atom. The van der Waals surface area contributed by atoms with Crippen molar-refractivity contribution in [1.29, 1.82) is 0 Å². The fraction of sp³-hybridized carbons (Fsp3) is 0.429. The predicted molar refractivity (Wildman–Crippen MR) is 79.3 cm³/mol. The Labute approximate surface area is 118 Å². The van der Waals surface area contributed by atoms with Crippen LogP contribution in [0.2, 0.25) is 0 Å². The summed E-state index contributed by atoms with van der Waals surface area (Å²) in [5, 5.41) is 2.88. The second-order valence-electron chi connectivity index (χ2n) is 4.71. The molecule has 0 aliphatic heterocycles. The zero-order valence-electron chi connectivity index (χ0n) is 10.9. The van der Waals surface area contributed by atoms with E-state index in [0.29, 0.717) is 12.3 Å². The van der Waals surface area contributed by atoms with Crippen molar-refractivity contribution in [1.82, 2.24) is 0 Å². The Balaban J connectivity index is 2.10. The molecule has 0 heterocycles. The van der Waals surface area contributed by atoms with E-state index in [2.05, 4.69) is 5.32 Å². The Morgan fingerprint density at radius 2 is 2.26 bits per heavy atom. The smallest absolute Gasteiger partial charge is 0.237 e. The van der Waals surface area contributed by atoms with Gasteiger partial charge in [0.1, 0.15) is 5.75 Å². The molecule has 102 valence electrons. The van der Waals surface area contributed by atoms with Crippen LogP contribution in [0.4, 0.5) is 5.69 Å². The van der Waals surface area contributed by atoms with E-state index in [1.165, 1.54) is 0 Å². The van der Waals surface area contributed by atoms with Crippen LogP contribution in [0.5, 0.6) is 5.75 Å². The summed E-state index contributed by atoms with van der Waals surface area (Å²) in [6, 6.07) is 7.32. The lowest BCUT2D eigenvalue weighted by molar-refractivity contribution is -0.125. The zero-order valence-corrected chi connectivity index (χ0v) is 11.8. The van der Waals surface area contributed by atoms with E-state index in [4.69, 9.17) is 22.7 Å². The molecule has 19 heavy (non-hydrogen) atoms. The van der Waals surface area contributed by atoms with E-state index >= 15 is 0 Å². The molecule has 1 aliphatic carbocycles. The van der Waals surface area contributed by atoms with Gasteiger partial charge in [-0.15, -0.1) is 0 Å². The van der Waals surface area contributed by atoms with Crippen LogP contribution >= 0.6 is 12.2 Å². The molecule has 0 bridgehead atoms. The largest absolute Gasteiger partial charge is 0.494 e. The van der Waals surface area contributed by atoms with E-state index in [1.54, 1.807) is 6.07 Å². The summed E-state index contributed by atoms with van der Waals surface area (Å²) in [6.07, 6.45) is 2.46. The topological polar surface area (TPSA) is 64.3 Å². The number of rotatable bonds is 5. The van der Waals surface area contributed by atoms with Gasteiger partial charge >= 0.3 is 0 Å². The minimum Gasteiger partial charge on any atom is -0.494 e. The van der Waals surface area contributed by atoms with Gasteiger partial charge < -0.3 is 15.8 Å². The molecular weight excluding hydrogens is 260 g/mol. The summed E-state index contributed by atoms with van der Waals surface area (Å²) in [6.45, 7) is 2.51. The van der Waals surface area contributed by atoms with E-state index in [9.17, 15) is 4.79 Å². The molecular formula is C14H18N2O2S. The number of hydrogen-bond donors (Lipinski definition) is 2. The first-order valence-electron chi connectivity index (χ1n) is 6.43. The molecule has 0 radical (unpaired) electrons. The number of nitrogens with two attached hydrogens (primary N) is 1. The van der Waals surface area contributed by atoms with Gasteiger partial charge in [0, 0.05) is 11.8 Å². The van der Waals surface area contributed by atoms with Crippen LogP contribution in [0.15, 0.2) is 24.3 Å². The average Bonchev–Trinajstić information content (AvgIpc) is 2.27. The summed E-state index contributed by atoms with van der Waals surface area (Å²) >= 11 is 5.03. The second-order valence-corrected chi connectivity index (χ2v) is 5.15. The van der Waals surface area contributed by atoms with E-state index in [1.807, 2.05) is 25.1 Å². The van der Waals surface area contributed by atoms with Crippen molar-refractivity contribution in [3.05, 3.63) is 24.3 Å². The lowest BCUT2D eigenvalue weighted by Crippen LogP contribution is -2.50. The van der Waals surface area contributed by atoms with Crippen molar-refractivity contribution in [2.75, 3.05) is 11.9 Å². The predicted octanol–water partition coefficient (Wildman–Crippen LogP) is 2.48. The van der Waals surface area contributed by atoms with Crippen LogP contribution in [0.1, 0.15) is 26.2 Å². The fourth-order valence-corrected chi connectivity index (χ4v) is 2.49. The zero-order chi connectivity index (χ0) is 13.9. The monoisotopic (exact) mass is 278 g/mol. The number of ether oxygens (including phenoxy) is 1. The van der Waals surface area contributed by atoms with Crippen LogP contribution in [0.25, 0.3) is 0 Å². The van der Waals surface area contributed by atoms with Crippen molar-refractivity contribution in [3.8, 4) is 5.75 Å². The minimum atomic E-state index is -0.656. The number of amides is 1. The van der Waals surface area contributed by atoms with Gasteiger partial charge in [-0.3, -0.25) is 4.79 Å². The standard InChI is InChI=1S/C14H18N2O2S/c1-2-18-11-6-3-5-10(9-11)16-13(17)14(12(15)19)7-4-8-14/h3,5-6,9H,2,4,7-8H2,1H3,(H2,15,19)(H,16,17). The summed E-state index contributed by atoms with van der Waals surface area (Å²) in [7, 11) is 0. The normalized spacial score (nSPS) is 16.3. The maximum Gasteiger partial charge on any atom is 0.237 e. The van der Waals surface area contributed by atoms with Crippen LogP contribution in [0, 0.1) is 5.41 Å². The Hall–Kier alpha value is -1.62. The molecule has 0 saturated heterocycles. The molecule has 3 N–H and O–H groups in total. The Bertz CT molecular complexity index is 498. The third-order valence-corrected chi connectivity index (χ3v) is 3.91. The summed E-state index contributed by atoms with van der Waals surface area (Å²) in [5.74, 6) is 0.623. The van der Waals surface area contributed by atoms with Crippen molar-refractivity contribution in [3.63, 3.8) is 0 Å². The Kier molecular flexibility index (Phi) is 4.04. The van der Waals surface area contributed by atoms with Crippen LogP contribution in [-0.2, 0) is 4.79 Å². The highest BCUT2D eigenvalue weighted by Crippen LogP contribution is 2.42. The lowest BCUT2D eigenvalue weighted by atomic mass is 9.68. The minimum absolute atomic E-state index is 0.111. The van der Waals surface area contributed by atoms with Gasteiger partial charge in [0.25, 0.3) is 0 Å². The van der Waals surface area contributed by atoms with Gasteiger partial charge in [0.2, 0.25) is 5.91 Å². The molecule has 0 unspecified atom stereocenters. The van der Waals surface area contributed by atoms with Crippen LogP contribution in [-0.4, -0.2) is 17.5 Å².